The third-order valence-electron chi connectivity index (χ3n) is 4.74. The number of anilines is 1. The zero-order chi connectivity index (χ0) is 19.3. The molecule has 0 fully saturated rings. The van der Waals surface area contributed by atoms with Crippen LogP contribution in [0.5, 0.6) is 0 Å². The molecule has 0 saturated heterocycles. The van der Waals surface area contributed by atoms with E-state index in [0.29, 0.717) is 0 Å². The van der Waals surface area contributed by atoms with Gasteiger partial charge in [0.15, 0.2) is 0 Å². The van der Waals surface area contributed by atoms with Crippen LogP contribution in [0.4, 0.5) is 5.69 Å². The van der Waals surface area contributed by atoms with Gasteiger partial charge in [-0.2, -0.15) is 0 Å². The van der Waals surface area contributed by atoms with Crippen molar-refractivity contribution in [2.45, 2.75) is 6.92 Å². The van der Waals surface area contributed by atoms with Crippen molar-refractivity contribution in [3.63, 3.8) is 0 Å². The Bertz CT molecular complexity index is 1080. The van der Waals surface area contributed by atoms with Crippen molar-refractivity contribution < 1.29 is 4.79 Å². The number of hydrogen-bond donors (Lipinski definition) is 1. The normalized spacial score (nSPS) is 10.5. The Hall–Kier alpha value is -3.65. The molecule has 0 aromatic heterocycles. The fourth-order valence-electron chi connectivity index (χ4n) is 3.37. The predicted octanol–water partition coefficient (Wildman–Crippen LogP) is 6.65. The van der Waals surface area contributed by atoms with Crippen LogP contribution in [0.1, 0.15) is 6.92 Å². The highest BCUT2D eigenvalue weighted by molar-refractivity contribution is 5.95. The summed E-state index contributed by atoms with van der Waals surface area (Å²) in [7, 11) is 0. The van der Waals surface area contributed by atoms with Crippen LogP contribution in [-0.4, -0.2) is 5.91 Å². The Balaban J connectivity index is 1.71. The maximum absolute atomic E-state index is 11.7. The molecule has 0 aliphatic rings. The van der Waals surface area contributed by atoms with Crippen molar-refractivity contribution in [1.82, 2.24) is 0 Å². The van der Waals surface area contributed by atoms with E-state index >= 15 is 0 Å². The van der Waals surface area contributed by atoms with Crippen LogP contribution >= 0.6 is 0 Å². The second kappa shape index (κ2) is 7.93. The van der Waals surface area contributed by atoms with E-state index in [2.05, 4.69) is 66.0 Å². The molecule has 2 heteroatoms. The first-order valence-electron chi connectivity index (χ1n) is 9.33. The van der Waals surface area contributed by atoms with Crippen molar-refractivity contribution in [2.75, 3.05) is 5.32 Å². The number of carbonyl (C=O) groups excluding carboxylic acids is 1. The van der Waals surface area contributed by atoms with Crippen LogP contribution in [0.2, 0.25) is 0 Å². The summed E-state index contributed by atoms with van der Waals surface area (Å²) in [5, 5.41) is 2.98. The second-order valence-electron chi connectivity index (χ2n) is 6.75. The molecular formula is C26H21NO. The van der Waals surface area contributed by atoms with Gasteiger partial charge in [-0.1, -0.05) is 97.1 Å². The summed E-state index contributed by atoms with van der Waals surface area (Å²) in [4.78, 5) is 11.7. The van der Waals surface area contributed by atoms with Gasteiger partial charge < -0.3 is 5.32 Å². The van der Waals surface area contributed by atoms with Gasteiger partial charge in [-0.25, -0.2) is 0 Å². The maximum Gasteiger partial charge on any atom is 0.221 e. The molecule has 0 bridgehead atoms. The van der Waals surface area contributed by atoms with Crippen LogP contribution < -0.4 is 5.32 Å². The third-order valence-corrected chi connectivity index (χ3v) is 4.74. The number of benzene rings is 4. The largest absolute Gasteiger partial charge is 0.326 e. The zero-order valence-electron chi connectivity index (χ0n) is 15.7. The molecule has 0 spiro atoms. The number of nitrogens with one attached hydrogen (secondary N) is 1. The van der Waals surface area contributed by atoms with E-state index in [4.69, 9.17) is 0 Å². The Morgan fingerprint density at radius 3 is 1.61 bits per heavy atom. The predicted molar refractivity (Wildman–Crippen MR) is 117 cm³/mol. The van der Waals surface area contributed by atoms with E-state index < -0.39 is 0 Å². The SMILES string of the molecule is CC(=O)Nc1cc(-c2ccc(-c3ccccc3)cc2)ccc1-c1ccccc1. The molecule has 0 atom stereocenters. The van der Waals surface area contributed by atoms with Crippen LogP contribution in [0.25, 0.3) is 33.4 Å². The summed E-state index contributed by atoms with van der Waals surface area (Å²) < 4.78 is 0. The molecule has 1 N–H and O–H groups in total. The topological polar surface area (TPSA) is 29.1 Å². The molecule has 4 rings (SSSR count). The van der Waals surface area contributed by atoms with Gasteiger partial charge >= 0.3 is 0 Å². The van der Waals surface area contributed by atoms with E-state index in [1.54, 1.807) is 0 Å². The fraction of sp³-hybridized carbons (Fsp3) is 0.0385. The molecule has 0 unspecified atom stereocenters. The van der Waals surface area contributed by atoms with Crippen LogP contribution in [0.15, 0.2) is 103 Å². The molecule has 4 aromatic rings. The fourth-order valence-corrected chi connectivity index (χ4v) is 3.37. The van der Waals surface area contributed by atoms with Gasteiger partial charge in [0.1, 0.15) is 0 Å². The minimum atomic E-state index is -0.0752. The first kappa shape index (κ1) is 17.7. The Kier molecular flexibility index (Phi) is 5.03. The molecule has 4 aromatic carbocycles. The molecule has 0 saturated carbocycles. The lowest BCUT2D eigenvalue weighted by atomic mass is 9.96. The van der Waals surface area contributed by atoms with Gasteiger partial charge in [-0.3, -0.25) is 4.79 Å². The highest BCUT2D eigenvalue weighted by atomic mass is 16.1. The van der Waals surface area contributed by atoms with Crippen LogP contribution in [-0.2, 0) is 4.79 Å². The smallest absolute Gasteiger partial charge is 0.221 e. The molecule has 0 heterocycles. The lowest BCUT2D eigenvalue weighted by molar-refractivity contribution is -0.114. The monoisotopic (exact) mass is 363 g/mol. The average Bonchev–Trinajstić information content (AvgIpc) is 2.75. The average molecular weight is 363 g/mol. The zero-order valence-corrected chi connectivity index (χ0v) is 15.7. The molecular weight excluding hydrogens is 342 g/mol. The van der Waals surface area contributed by atoms with E-state index in [9.17, 15) is 4.79 Å². The quantitative estimate of drug-likeness (QED) is 0.432. The Labute approximate surface area is 165 Å². The second-order valence-corrected chi connectivity index (χ2v) is 6.75. The van der Waals surface area contributed by atoms with Gasteiger partial charge in [0.2, 0.25) is 5.91 Å². The molecule has 0 radical (unpaired) electrons. The molecule has 2 nitrogen and oxygen atoms in total. The first-order valence-corrected chi connectivity index (χ1v) is 9.33. The van der Waals surface area contributed by atoms with Gasteiger partial charge in [0.25, 0.3) is 0 Å². The molecule has 28 heavy (non-hydrogen) atoms. The van der Waals surface area contributed by atoms with E-state index in [1.807, 2.05) is 42.5 Å². The van der Waals surface area contributed by atoms with Crippen LogP contribution in [0.3, 0.4) is 0 Å². The highest BCUT2D eigenvalue weighted by Crippen LogP contribution is 2.33. The Morgan fingerprint density at radius 1 is 0.571 bits per heavy atom. The summed E-state index contributed by atoms with van der Waals surface area (Å²) in [5.74, 6) is -0.0752. The number of rotatable bonds is 4. The molecule has 136 valence electrons. The Morgan fingerprint density at radius 2 is 1.04 bits per heavy atom. The van der Waals surface area contributed by atoms with Crippen molar-refractivity contribution in [2.24, 2.45) is 0 Å². The van der Waals surface area contributed by atoms with Crippen LogP contribution in [0, 0.1) is 0 Å². The van der Waals surface area contributed by atoms with Crippen molar-refractivity contribution in [1.29, 1.82) is 0 Å². The lowest BCUT2D eigenvalue weighted by Gasteiger charge is -2.13. The summed E-state index contributed by atoms with van der Waals surface area (Å²) >= 11 is 0. The van der Waals surface area contributed by atoms with Gasteiger partial charge in [-0.15, -0.1) is 0 Å². The number of carbonyl (C=O) groups is 1. The van der Waals surface area contributed by atoms with E-state index in [1.165, 1.54) is 18.1 Å². The maximum atomic E-state index is 11.7. The van der Waals surface area contributed by atoms with E-state index in [0.717, 1.165) is 27.9 Å². The summed E-state index contributed by atoms with van der Waals surface area (Å²) in [6.07, 6.45) is 0. The summed E-state index contributed by atoms with van der Waals surface area (Å²) in [6, 6.07) is 35.2. The van der Waals surface area contributed by atoms with Crippen molar-refractivity contribution in [3.05, 3.63) is 103 Å². The van der Waals surface area contributed by atoms with Gasteiger partial charge in [0, 0.05) is 18.2 Å². The minimum Gasteiger partial charge on any atom is -0.326 e. The minimum absolute atomic E-state index is 0.0752. The van der Waals surface area contributed by atoms with Crippen molar-refractivity contribution in [3.8, 4) is 33.4 Å². The molecule has 0 aliphatic carbocycles. The number of hydrogen-bond acceptors (Lipinski definition) is 1. The molecule has 0 aliphatic heterocycles. The standard InChI is InChI=1S/C26H21NO/c1-19(28)27-26-18-24(16-17-25(26)23-10-6-3-7-11-23)22-14-12-21(13-15-22)20-8-4-2-5-9-20/h2-18H,1H3,(H,27,28). The lowest BCUT2D eigenvalue weighted by Crippen LogP contribution is -2.07. The van der Waals surface area contributed by atoms with Gasteiger partial charge in [0.05, 0.1) is 0 Å². The van der Waals surface area contributed by atoms with Gasteiger partial charge in [-0.05, 0) is 33.9 Å². The van der Waals surface area contributed by atoms with E-state index in [-0.39, 0.29) is 5.91 Å². The number of amides is 1. The highest BCUT2D eigenvalue weighted by Gasteiger charge is 2.09. The third kappa shape index (κ3) is 3.86. The summed E-state index contributed by atoms with van der Waals surface area (Å²) in [6.45, 7) is 1.54. The summed E-state index contributed by atoms with van der Waals surface area (Å²) in [5.41, 5.74) is 7.50. The first-order chi connectivity index (χ1) is 13.7. The molecule has 1 amide bonds. The van der Waals surface area contributed by atoms with Crippen molar-refractivity contribution >= 4 is 11.6 Å².